The van der Waals surface area contributed by atoms with Gasteiger partial charge in [0.2, 0.25) is 0 Å². The highest BCUT2D eigenvalue weighted by Crippen LogP contribution is 2.02. The molecule has 0 atom stereocenters. The van der Waals surface area contributed by atoms with Crippen molar-refractivity contribution in [3.05, 3.63) is 0 Å². The van der Waals surface area contributed by atoms with E-state index in [4.69, 9.17) is 12.2 Å². The SMILES string of the molecule is CCCCCCC(C)=S. The lowest BCUT2D eigenvalue weighted by atomic mass is 10.1. The highest BCUT2D eigenvalue weighted by molar-refractivity contribution is 7.80. The van der Waals surface area contributed by atoms with E-state index in [0.717, 1.165) is 11.3 Å². The van der Waals surface area contributed by atoms with E-state index in [9.17, 15) is 0 Å². The topological polar surface area (TPSA) is 0 Å². The average Bonchev–Trinajstić information content (AvgIpc) is 1.80. The first-order valence-corrected chi connectivity index (χ1v) is 4.17. The molecule has 0 amide bonds. The quantitative estimate of drug-likeness (QED) is 0.421. The van der Waals surface area contributed by atoms with Crippen LogP contribution < -0.4 is 0 Å². The van der Waals surface area contributed by atoms with Crippen molar-refractivity contribution >= 4 is 17.1 Å². The molecule has 0 N–H and O–H groups in total. The van der Waals surface area contributed by atoms with E-state index in [2.05, 4.69) is 6.92 Å². The second-order valence-corrected chi connectivity index (χ2v) is 3.21. The summed E-state index contributed by atoms with van der Waals surface area (Å²) >= 11 is 4.95. The molecule has 0 aliphatic carbocycles. The van der Waals surface area contributed by atoms with Gasteiger partial charge < -0.3 is 0 Å². The fraction of sp³-hybridized carbons (Fsp3) is 0.875. The first-order valence-electron chi connectivity index (χ1n) is 3.76. The van der Waals surface area contributed by atoms with Gasteiger partial charge >= 0.3 is 0 Å². The summed E-state index contributed by atoms with van der Waals surface area (Å²) in [5.74, 6) is 0. The van der Waals surface area contributed by atoms with Crippen molar-refractivity contribution in [3.63, 3.8) is 0 Å². The first-order chi connectivity index (χ1) is 4.27. The zero-order valence-corrected chi connectivity index (χ0v) is 7.26. The minimum Gasteiger partial charge on any atom is -0.0900 e. The third-order valence-corrected chi connectivity index (χ3v) is 1.59. The maximum atomic E-state index is 4.95. The summed E-state index contributed by atoms with van der Waals surface area (Å²) in [5, 5.41) is 0. The minimum absolute atomic E-state index is 1.15. The Labute approximate surface area is 63.7 Å². The standard InChI is InChI=1S/C8H16S/c1-3-4-5-6-7-8(2)9/h3-7H2,1-2H3. The van der Waals surface area contributed by atoms with Crippen LogP contribution in [0.25, 0.3) is 0 Å². The zero-order chi connectivity index (χ0) is 7.11. The van der Waals surface area contributed by atoms with Crippen LogP contribution in [0.15, 0.2) is 0 Å². The number of thiocarbonyl (C=S) groups is 1. The number of hydrogen-bond acceptors (Lipinski definition) is 1. The molecule has 0 saturated heterocycles. The Morgan fingerprint density at radius 1 is 1.22 bits per heavy atom. The Morgan fingerprint density at radius 3 is 2.33 bits per heavy atom. The van der Waals surface area contributed by atoms with E-state index in [1.165, 1.54) is 25.7 Å². The maximum Gasteiger partial charge on any atom is -0.0102 e. The number of hydrogen-bond donors (Lipinski definition) is 0. The van der Waals surface area contributed by atoms with Crippen molar-refractivity contribution in [3.8, 4) is 0 Å². The molecule has 0 aliphatic heterocycles. The summed E-state index contributed by atoms with van der Waals surface area (Å²) in [5.41, 5.74) is 0. The van der Waals surface area contributed by atoms with Crippen LogP contribution in [-0.4, -0.2) is 4.86 Å². The number of rotatable bonds is 5. The maximum absolute atomic E-state index is 4.95. The van der Waals surface area contributed by atoms with Crippen LogP contribution >= 0.6 is 12.2 Å². The van der Waals surface area contributed by atoms with Gasteiger partial charge in [0.15, 0.2) is 0 Å². The summed E-state index contributed by atoms with van der Waals surface area (Å²) in [4.78, 5) is 1.16. The van der Waals surface area contributed by atoms with Gasteiger partial charge in [-0.2, -0.15) is 0 Å². The van der Waals surface area contributed by atoms with Crippen LogP contribution in [0, 0.1) is 0 Å². The molecule has 0 saturated carbocycles. The predicted molar refractivity (Wildman–Crippen MR) is 47.0 cm³/mol. The Kier molecular flexibility index (Phi) is 6.28. The Bertz CT molecular complexity index is 76.6. The van der Waals surface area contributed by atoms with Gasteiger partial charge in [0, 0.05) is 0 Å². The van der Waals surface area contributed by atoms with Gasteiger partial charge in [-0.05, 0) is 24.6 Å². The molecule has 0 fully saturated rings. The van der Waals surface area contributed by atoms with E-state index < -0.39 is 0 Å². The highest BCUT2D eigenvalue weighted by atomic mass is 32.1. The second-order valence-electron chi connectivity index (χ2n) is 2.51. The molecular formula is C8H16S. The third-order valence-electron chi connectivity index (χ3n) is 1.38. The van der Waals surface area contributed by atoms with E-state index in [1.54, 1.807) is 0 Å². The van der Waals surface area contributed by atoms with Crippen molar-refractivity contribution in [2.45, 2.75) is 46.0 Å². The van der Waals surface area contributed by atoms with E-state index in [0.29, 0.717) is 0 Å². The van der Waals surface area contributed by atoms with E-state index in [1.807, 2.05) is 6.92 Å². The van der Waals surface area contributed by atoms with Crippen LogP contribution in [0.3, 0.4) is 0 Å². The molecule has 0 heterocycles. The molecule has 0 unspecified atom stereocenters. The lowest BCUT2D eigenvalue weighted by Crippen LogP contribution is -1.85. The van der Waals surface area contributed by atoms with Crippen LogP contribution in [0.2, 0.25) is 0 Å². The lowest BCUT2D eigenvalue weighted by Gasteiger charge is -1.95. The smallest absolute Gasteiger partial charge is 0.0102 e. The molecule has 54 valence electrons. The van der Waals surface area contributed by atoms with E-state index >= 15 is 0 Å². The van der Waals surface area contributed by atoms with Gasteiger partial charge in [0.1, 0.15) is 0 Å². The van der Waals surface area contributed by atoms with Crippen LogP contribution in [0.1, 0.15) is 46.0 Å². The number of unbranched alkanes of at least 4 members (excludes halogenated alkanes) is 3. The Morgan fingerprint density at radius 2 is 1.89 bits per heavy atom. The largest absolute Gasteiger partial charge is 0.0900 e. The highest BCUT2D eigenvalue weighted by Gasteiger charge is 1.88. The molecule has 0 aromatic heterocycles. The molecule has 0 bridgehead atoms. The molecular weight excluding hydrogens is 128 g/mol. The van der Waals surface area contributed by atoms with Gasteiger partial charge in [-0.1, -0.05) is 38.4 Å². The van der Waals surface area contributed by atoms with Crippen molar-refractivity contribution < 1.29 is 0 Å². The van der Waals surface area contributed by atoms with Gasteiger partial charge in [-0.3, -0.25) is 0 Å². The van der Waals surface area contributed by atoms with Gasteiger partial charge in [-0.25, -0.2) is 0 Å². The third kappa shape index (κ3) is 8.09. The summed E-state index contributed by atoms with van der Waals surface area (Å²) in [6.45, 7) is 4.26. The molecule has 0 aliphatic rings. The van der Waals surface area contributed by atoms with Crippen LogP contribution in [0.5, 0.6) is 0 Å². The Hall–Kier alpha value is 0.0900. The fourth-order valence-electron chi connectivity index (χ4n) is 0.801. The van der Waals surface area contributed by atoms with Crippen LogP contribution in [-0.2, 0) is 0 Å². The van der Waals surface area contributed by atoms with E-state index in [-0.39, 0.29) is 0 Å². The molecule has 9 heavy (non-hydrogen) atoms. The summed E-state index contributed by atoms with van der Waals surface area (Å²) in [7, 11) is 0. The molecule has 1 heteroatoms. The van der Waals surface area contributed by atoms with Crippen molar-refractivity contribution in [1.82, 2.24) is 0 Å². The summed E-state index contributed by atoms with van der Waals surface area (Å²) < 4.78 is 0. The predicted octanol–water partition coefficient (Wildman–Crippen LogP) is 3.35. The lowest BCUT2D eigenvalue weighted by molar-refractivity contribution is 0.684. The normalized spacial score (nSPS) is 9.56. The first kappa shape index (κ1) is 9.09. The average molecular weight is 144 g/mol. The van der Waals surface area contributed by atoms with Gasteiger partial charge in [0.25, 0.3) is 0 Å². The monoisotopic (exact) mass is 144 g/mol. The minimum atomic E-state index is 1.15. The Balaban J connectivity index is 2.83. The fourth-order valence-corrected chi connectivity index (χ4v) is 0.945. The van der Waals surface area contributed by atoms with Crippen molar-refractivity contribution in [2.75, 3.05) is 0 Å². The van der Waals surface area contributed by atoms with Gasteiger partial charge in [0.05, 0.1) is 0 Å². The summed E-state index contributed by atoms with van der Waals surface area (Å²) in [6.07, 6.45) is 6.47. The summed E-state index contributed by atoms with van der Waals surface area (Å²) in [6, 6.07) is 0. The van der Waals surface area contributed by atoms with Crippen molar-refractivity contribution in [2.24, 2.45) is 0 Å². The second kappa shape index (κ2) is 6.21. The molecule has 0 rings (SSSR count). The molecule has 0 aromatic rings. The molecule has 0 nitrogen and oxygen atoms in total. The van der Waals surface area contributed by atoms with Crippen LogP contribution in [0.4, 0.5) is 0 Å². The van der Waals surface area contributed by atoms with Crippen molar-refractivity contribution in [1.29, 1.82) is 0 Å². The molecule has 0 spiro atoms. The zero-order valence-electron chi connectivity index (χ0n) is 6.44. The molecule has 0 radical (unpaired) electrons. The van der Waals surface area contributed by atoms with Gasteiger partial charge in [-0.15, -0.1) is 0 Å². The molecule has 0 aromatic carbocycles.